The van der Waals surface area contributed by atoms with E-state index in [1.165, 1.54) is 18.2 Å². The predicted octanol–water partition coefficient (Wildman–Crippen LogP) is 4.23. The molecule has 0 saturated heterocycles. The number of rotatable bonds is 5. The van der Waals surface area contributed by atoms with Crippen LogP contribution in [0.1, 0.15) is 39.7 Å². The molecule has 19 heavy (non-hydrogen) atoms. The molecule has 0 aliphatic heterocycles. The van der Waals surface area contributed by atoms with Crippen LogP contribution in [0.15, 0.2) is 29.8 Å². The highest BCUT2D eigenvalue weighted by Crippen LogP contribution is 2.16. The van der Waals surface area contributed by atoms with E-state index >= 15 is 0 Å². The largest absolute Gasteiger partial charge is 0.312 e. The van der Waals surface area contributed by atoms with E-state index in [1.54, 1.807) is 0 Å². The molecule has 0 amide bonds. The highest BCUT2D eigenvalue weighted by molar-refractivity contribution is 5.24. The van der Waals surface area contributed by atoms with Crippen molar-refractivity contribution in [2.45, 2.75) is 46.1 Å². The summed E-state index contributed by atoms with van der Waals surface area (Å²) in [5.74, 6) is -0.943. The van der Waals surface area contributed by atoms with Crippen molar-refractivity contribution in [2.24, 2.45) is 0 Å². The van der Waals surface area contributed by atoms with Gasteiger partial charge in [-0.05, 0) is 59.2 Å². The minimum Gasteiger partial charge on any atom is -0.312 e. The SMILES string of the molecule is C/C(=C/CCNC(C)(C)C)Cc1c(F)cccc1F. The quantitative estimate of drug-likeness (QED) is 0.622. The van der Waals surface area contributed by atoms with E-state index in [2.05, 4.69) is 26.1 Å². The molecule has 0 aliphatic rings. The summed E-state index contributed by atoms with van der Waals surface area (Å²) in [5.41, 5.74) is 1.24. The van der Waals surface area contributed by atoms with Crippen LogP contribution in [0.25, 0.3) is 0 Å². The number of halogens is 2. The fourth-order valence-electron chi connectivity index (χ4n) is 1.82. The molecule has 0 spiro atoms. The smallest absolute Gasteiger partial charge is 0.129 e. The van der Waals surface area contributed by atoms with Gasteiger partial charge in [-0.25, -0.2) is 8.78 Å². The second-order valence-corrected chi connectivity index (χ2v) is 5.89. The van der Waals surface area contributed by atoms with Crippen LogP contribution in [-0.4, -0.2) is 12.1 Å². The zero-order valence-corrected chi connectivity index (χ0v) is 12.2. The van der Waals surface area contributed by atoms with Gasteiger partial charge < -0.3 is 5.32 Å². The minimum absolute atomic E-state index is 0.0966. The van der Waals surface area contributed by atoms with Gasteiger partial charge in [0.05, 0.1) is 0 Å². The van der Waals surface area contributed by atoms with Gasteiger partial charge in [0.25, 0.3) is 0 Å². The molecule has 1 nitrogen and oxygen atoms in total. The van der Waals surface area contributed by atoms with Crippen LogP contribution in [0.3, 0.4) is 0 Å². The molecule has 0 aromatic heterocycles. The number of nitrogens with one attached hydrogen (secondary N) is 1. The van der Waals surface area contributed by atoms with Crippen LogP contribution in [0.2, 0.25) is 0 Å². The van der Waals surface area contributed by atoms with E-state index < -0.39 is 11.6 Å². The molecule has 0 fully saturated rings. The summed E-state index contributed by atoms with van der Waals surface area (Å²) in [6.45, 7) is 9.10. The van der Waals surface area contributed by atoms with Gasteiger partial charge >= 0.3 is 0 Å². The maximum Gasteiger partial charge on any atom is 0.129 e. The Bertz CT molecular complexity index is 424. The summed E-state index contributed by atoms with van der Waals surface area (Å²) >= 11 is 0. The summed E-state index contributed by atoms with van der Waals surface area (Å²) in [5, 5.41) is 3.37. The van der Waals surface area contributed by atoms with Crippen LogP contribution < -0.4 is 5.32 Å². The third-order valence-electron chi connectivity index (χ3n) is 2.81. The minimum atomic E-state index is -0.472. The summed E-state index contributed by atoms with van der Waals surface area (Å²) < 4.78 is 27.0. The zero-order chi connectivity index (χ0) is 14.5. The first-order valence-corrected chi connectivity index (χ1v) is 6.63. The molecule has 1 N–H and O–H groups in total. The van der Waals surface area contributed by atoms with E-state index in [-0.39, 0.29) is 11.1 Å². The summed E-state index contributed by atoms with van der Waals surface area (Å²) in [7, 11) is 0. The van der Waals surface area contributed by atoms with E-state index in [1.807, 2.05) is 13.0 Å². The summed E-state index contributed by atoms with van der Waals surface area (Å²) in [6, 6.07) is 3.99. The summed E-state index contributed by atoms with van der Waals surface area (Å²) in [4.78, 5) is 0. The molecule has 0 unspecified atom stereocenters. The molecule has 3 heteroatoms. The topological polar surface area (TPSA) is 12.0 Å². The first-order chi connectivity index (χ1) is 8.79. The van der Waals surface area contributed by atoms with Crippen LogP contribution in [0.4, 0.5) is 8.78 Å². The van der Waals surface area contributed by atoms with Gasteiger partial charge in [0, 0.05) is 11.1 Å². The Morgan fingerprint density at radius 2 is 1.79 bits per heavy atom. The number of allylic oxidation sites excluding steroid dienone is 1. The van der Waals surface area contributed by atoms with Gasteiger partial charge in [-0.2, -0.15) is 0 Å². The van der Waals surface area contributed by atoms with Crippen molar-refractivity contribution in [1.29, 1.82) is 0 Å². The van der Waals surface area contributed by atoms with Gasteiger partial charge in [0.1, 0.15) is 11.6 Å². The normalized spacial score (nSPS) is 12.8. The van der Waals surface area contributed by atoms with Gasteiger partial charge in [-0.1, -0.05) is 17.7 Å². The number of hydrogen-bond donors (Lipinski definition) is 1. The molecule has 0 heterocycles. The molecule has 1 rings (SSSR count). The first kappa shape index (κ1) is 15.8. The highest BCUT2D eigenvalue weighted by atomic mass is 19.1. The van der Waals surface area contributed by atoms with E-state index in [9.17, 15) is 8.78 Å². The maximum atomic E-state index is 13.5. The van der Waals surface area contributed by atoms with E-state index in [4.69, 9.17) is 0 Å². The lowest BCUT2D eigenvalue weighted by atomic mass is 10.0. The fraction of sp³-hybridized carbons (Fsp3) is 0.500. The van der Waals surface area contributed by atoms with E-state index in [0.29, 0.717) is 6.42 Å². The van der Waals surface area contributed by atoms with Crippen LogP contribution in [-0.2, 0) is 6.42 Å². The van der Waals surface area contributed by atoms with Crippen molar-refractivity contribution in [2.75, 3.05) is 6.54 Å². The van der Waals surface area contributed by atoms with Crippen molar-refractivity contribution < 1.29 is 8.78 Å². The molecule has 0 radical (unpaired) electrons. The van der Waals surface area contributed by atoms with Crippen molar-refractivity contribution in [3.05, 3.63) is 47.0 Å². The monoisotopic (exact) mass is 267 g/mol. The molecule has 0 aliphatic carbocycles. The number of benzene rings is 1. The predicted molar refractivity (Wildman–Crippen MR) is 76.2 cm³/mol. The standard InChI is InChI=1S/C16H23F2N/c1-12(7-6-10-19-16(2,3)4)11-13-14(17)8-5-9-15(13)18/h5,7-9,19H,6,10-11H2,1-4H3/b12-7-. The van der Waals surface area contributed by atoms with E-state index in [0.717, 1.165) is 18.5 Å². The lowest BCUT2D eigenvalue weighted by Crippen LogP contribution is -2.36. The molecule has 106 valence electrons. The van der Waals surface area contributed by atoms with Crippen molar-refractivity contribution in [3.63, 3.8) is 0 Å². The van der Waals surface area contributed by atoms with Crippen molar-refractivity contribution in [1.82, 2.24) is 5.32 Å². The molecule has 0 saturated carbocycles. The Morgan fingerprint density at radius 3 is 2.32 bits per heavy atom. The average molecular weight is 267 g/mol. The lowest BCUT2D eigenvalue weighted by molar-refractivity contribution is 0.431. The summed E-state index contributed by atoms with van der Waals surface area (Å²) in [6.07, 6.45) is 3.22. The lowest BCUT2D eigenvalue weighted by Gasteiger charge is -2.19. The second kappa shape index (κ2) is 6.80. The first-order valence-electron chi connectivity index (χ1n) is 6.63. The van der Waals surface area contributed by atoms with Gasteiger partial charge in [-0.3, -0.25) is 0 Å². The third-order valence-corrected chi connectivity index (χ3v) is 2.81. The Balaban J connectivity index is 2.53. The maximum absolute atomic E-state index is 13.5. The Hall–Kier alpha value is -1.22. The molecule has 1 aromatic carbocycles. The van der Waals surface area contributed by atoms with Crippen LogP contribution in [0, 0.1) is 11.6 Å². The van der Waals surface area contributed by atoms with Crippen LogP contribution >= 0.6 is 0 Å². The molecular formula is C16H23F2N. The fourth-order valence-corrected chi connectivity index (χ4v) is 1.82. The average Bonchev–Trinajstić information content (AvgIpc) is 2.28. The molecular weight excluding hydrogens is 244 g/mol. The Morgan fingerprint density at radius 1 is 1.21 bits per heavy atom. The Kier molecular flexibility index (Phi) is 5.67. The van der Waals surface area contributed by atoms with Gasteiger partial charge in [0.15, 0.2) is 0 Å². The zero-order valence-electron chi connectivity index (χ0n) is 12.2. The molecule has 0 atom stereocenters. The van der Waals surface area contributed by atoms with Crippen molar-refractivity contribution >= 4 is 0 Å². The molecule has 1 aromatic rings. The second-order valence-electron chi connectivity index (χ2n) is 5.89. The molecule has 0 bridgehead atoms. The van der Waals surface area contributed by atoms with Gasteiger partial charge in [-0.15, -0.1) is 0 Å². The Labute approximate surface area is 114 Å². The van der Waals surface area contributed by atoms with Crippen LogP contribution in [0.5, 0.6) is 0 Å². The van der Waals surface area contributed by atoms with Crippen molar-refractivity contribution in [3.8, 4) is 0 Å². The highest BCUT2D eigenvalue weighted by Gasteiger charge is 2.09. The van der Waals surface area contributed by atoms with Gasteiger partial charge in [0.2, 0.25) is 0 Å². The third kappa shape index (κ3) is 5.97. The number of hydrogen-bond acceptors (Lipinski definition) is 1.